The van der Waals surface area contributed by atoms with Gasteiger partial charge in [0.05, 0.1) is 12.1 Å². The highest BCUT2D eigenvalue weighted by atomic mass is 16.5. The topological polar surface area (TPSA) is 58.6 Å². The summed E-state index contributed by atoms with van der Waals surface area (Å²) in [4.78, 5) is 12.1. The van der Waals surface area contributed by atoms with Crippen molar-refractivity contribution in [2.45, 2.75) is 19.4 Å². The van der Waals surface area contributed by atoms with E-state index >= 15 is 0 Å². The molecule has 1 amide bonds. The van der Waals surface area contributed by atoms with Crippen LogP contribution in [0.4, 0.5) is 0 Å². The number of hydrogen-bond donors (Lipinski definition) is 2. The molecule has 0 aromatic heterocycles. The third-order valence-electron chi connectivity index (χ3n) is 2.92. The molecule has 2 aromatic rings. The van der Waals surface area contributed by atoms with Crippen LogP contribution in [-0.2, 0) is 0 Å². The lowest BCUT2D eigenvalue weighted by atomic mass is 10.1. The number of hydrogen-bond acceptors (Lipinski definition) is 3. The van der Waals surface area contributed by atoms with Crippen molar-refractivity contribution >= 4 is 5.91 Å². The van der Waals surface area contributed by atoms with Gasteiger partial charge in [-0.1, -0.05) is 24.3 Å². The highest BCUT2D eigenvalue weighted by molar-refractivity contribution is 5.95. The Morgan fingerprint density at radius 1 is 1.10 bits per heavy atom. The lowest BCUT2D eigenvalue weighted by Gasteiger charge is -2.23. The molecule has 2 rings (SSSR count). The summed E-state index contributed by atoms with van der Waals surface area (Å²) < 4.78 is 5.70. The van der Waals surface area contributed by atoms with Gasteiger partial charge in [0.2, 0.25) is 0 Å². The predicted octanol–water partition coefficient (Wildman–Crippen LogP) is 2.98. The lowest BCUT2D eigenvalue weighted by molar-refractivity contribution is 0.0869. The molecule has 0 unspecified atom stereocenters. The molecule has 4 heteroatoms. The van der Waals surface area contributed by atoms with Crippen LogP contribution in [-0.4, -0.2) is 23.2 Å². The van der Waals surface area contributed by atoms with Gasteiger partial charge < -0.3 is 15.2 Å². The molecule has 110 valence electrons. The van der Waals surface area contributed by atoms with Crippen molar-refractivity contribution in [3.05, 3.63) is 60.2 Å². The standard InChI is InChI=1S/C17H19NO3/c1-17(2,12-19)18-16(20)13-7-6-10-15(11-13)21-14-8-4-3-5-9-14/h3-11,19H,12H2,1-2H3,(H,18,20). The molecule has 2 N–H and O–H groups in total. The average molecular weight is 285 g/mol. The highest BCUT2D eigenvalue weighted by Gasteiger charge is 2.20. The third kappa shape index (κ3) is 4.33. The fourth-order valence-electron chi connectivity index (χ4n) is 1.74. The van der Waals surface area contributed by atoms with Gasteiger partial charge in [-0.3, -0.25) is 4.79 Å². The van der Waals surface area contributed by atoms with Crippen LogP contribution in [0.1, 0.15) is 24.2 Å². The largest absolute Gasteiger partial charge is 0.457 e. The van der Waals surface area contributed by atoms with E-state index < -0.39 is 5.54 Å². The van der Waals surface area contributed by atoms with Gasteiger partial charge in [0.25, 0.3) is 5.91 Å². The summed E-state index contributed by atoms with van der Waals surface area (Å²) >= 11 is 0. The highest BCUT2D eigenvalue weighted by Crippen LogP contribution is 2.22. The second kappa shape index (κ2) is 6.41. The van der Waals surface area contributed by atoms with E-state index in [0.29, 0.717) is 17.1 Å². The average Bonchev–Trinajstić information content (AvgIpc) is 2.48. The van der Waals surface area contributed by atoms with Gasteiger partial charge in [-0.25, -0.2) is 0 Å². The number of para-hydroxylation sites is 1. The van der Waals surface area contributed by atoms with Gasteiger partial charge >= 0.3 is 0 Å². The Hall–Kier alpha value is -2.33. The molecule has 0 atom stereocenters. The molecule has 2 aromatic carbocycles. The van der Waals surface area contributed by atoms with Gasteiger partial charge in [0, 0.05) is 5.56 Å². The molecule has 0 aliphatic rings. The number of amides is 1. The van der Waals surface area contributed by atoms with Gasteiger partial charge in [-0.2, -0.15) is 0 Å². The molecular formula is C17H19NO3. The van der Waals surface area contributed by atoms with Crippen LogP contribution in [0.2, 0.25) is 0 Å². The molecule has 0 radical (unpaired) electrons. The van der Waals surface area contributed by atoms with Crippen molar-refractivity contribution in [1.82, 2.24) is 5.32 Å². The summed E-state index contributed by atoms with van der Waals surface area (Å²) in [6.45, 7) is 3.39. The first kappa shape index (κ1) is 15.1. The molecule has 0 heterocycles. The van der Waals surface area contributed by atoms with Crippen molar-refractivity contribution in [1.29, 1.82) is 0 Å². The SMILES string of the molecule is CC(C)(CO)NC(=O)c1cccc(Oc2ccccc2)c1. The van der Waals surface area contributed by atoms with Gasteiger partial charge in [0.1, 0.15) is 11.5 Å². The fraction of sp³-hybridized carbons (Fsp3) is 0.235. The summed E-state index contributed by atoms with van der Waals surface area (Å²) in [5, 5.41) is 12.0. The zero-order valence-electron chi connectivity index (χ0n) is 12.2. The van der Waals surface area contributed by atoms with E-state index in [9.17, 15) is 9.90 Å². The minimum absolute atomic E-state index is 0.126. The van der Waals surface area contributed by atoms with Gasteiger partial charge in [-0.05, 0) is 44.2 Å². The van der Waals surface area contributed by atoms with Crippen LogP contribution in [0.5, 0.6) is 11.5 Å². The number of ether oxygens (including phenoxy) is 1. The van der Waals surface area contributed by atoms with E-state index in [2.05, 4.69) is 5.32 Å². The Morgan fingerprint density at radius 3 is 2.43 bits per heavy atom. The Labute approximate surface area is 124 Å². The van der Waals surface area contributed by atoms with Crippen molar-refractivity contribution in [2.24, 2.45) is 0 Å². The van der Waals surface area contributed by atoms with Crippen molar-refractivity contribution < 1.29 is 14.6 Å². The first-order valence-electron chi connectivity index (χ1n) is 6.76. The molecular weight excluding hydrogens is 266 g/mol. The maximum absolute atomic E-state index is 12.1. The van der Waals surface area contributed by atoms with Crippen LogP contribution in [0.25, 0.3) is 0 Å². The first-order chi connectivity index (χ1) is 10.00. The van der Waals surface area contributed by atoms with E-state index in [1.54, 1.807) is 38.1 Å². The van der Waals surface area contributed by atoms with Crippen LogP contribution >= 0.6 is 0 Å². The summed E-state index contributed by atoms with van der Waals surface area (Å²) in [6, 6.07) is 16.3. The van der Waals surface area contributed by atoms with Crippen LogP contribution < -0.4 is 10.1 Å². The van der Waals surface area contributed by atoms with Gasteiger partial charge in [0.15, 0.2) is 0 Å². The molecule has 0 saturated carbocycles. The van der Waals surface area contributed by atoms with Crippen LogP contribution in [0, 0.1) is 0 Å². The van der Waals surface area contributed by atoms with E-state index in [1.165, 1.54) is 0 Å². The Balaban J connectivity index is 2.12. The molecule has 0 fully saturated rings. The van der Waals surface area contributed by atoms with E-state index in [-0.39, 0.29) is 12.5 Å². The maximum Gasteiger partial charge on any atom is 0.251 e. The molecule has 0 spiro atoms. The minimum Gasteiger partial charge on any atom is -0.457 e. The Morgan fingerprint density at radius 2 is 1.76 bits per heavy atom. The molecule has 0 bridgehead atoms. The number of aliphatic hydroxyl groups is 1. The van der Waals surface area contributed by atoms with Crippen LogP contribution in [0.3, 0.4) is 0 Å². The number of aliphatic hydroxyl groups excluding tert-OH is 1. The van der Waals surface area contributed by atoms with Crippen molar-refractivity contribution in [3.63, 3.8) is 0 Å². The summed E-state index contributed by atoms with van der Waals surface area (Å²) in [5.41, 5.74) is -0.169. The third-order valence-corrected chi connectivity index (χ3v) is 2.92. The zero-order valence-corrected chi connectivity index (χ0v) is 12.2. The smallest absolute Gasteiger partial charge is 0.251 e. The number of carbonyl (C=O) groups is 1. The Kier molecular flexibility index (Phi) is 4.60. The molecule has 21 heavy (non-hydrogen) atoms. The molecule has 4 nitrogen and oxygen atoms in total. The fourth-order valence-corrected chi connectivity index (χ4v) is 1.74. The number of benzene rings is 2. The summed E-state index contributed by atoms with van der Waals surface area (Å²) in [5.74, 6) is 1.06. The minimum atomic E-state index is -0.659. The quantitative estimate of drug-likeness (QED) is 0.888. The van der Waals surface area contributed by atoms with Crippen LogP contribution in [0.15, 0.2) is 54.6 Å². The molecule has 0 saturated heterocycles. The molecule has 0 aliphatic carbocycles. The second-order valence-corrected chi connectivity index (χ2v) is 5.44. The number of nitrogens with one attached hydrogen (secondary N) is 1. The van der Waals surface area contributed by atoms with E-state index in [4.69, 9.17) is 4.74 Å². The maximum atomic E-state index is 12.1. The summed E-state index contributed by atoms with van der Waals surface area (Å²) in [7, 11) is 0. The van der Waals surface area contributed by atoms with E-state index in [1.807, 2.05) is 30.3 Å². The molecule has 0 aliphatic heterocycles. The Bertz CT molecular complexity index is 608. The first-order valence-corrected chi connectivity index (χ1v) is 6.76. The van der Waals surface area contributed by atoms with Crippen molar-refractivity contribution in [3.8, 4) is 11.5 Å². The predicted molar refractivity (Wildman–Crippen MR) is 81.6 cm³/mol. The second-order valence-electron chi connectivity index (χ2n) is 5.44. The monoisotopic (exact) mass is 285 g/mol. The zero-order chi connectivity index (χ0) is 15.3. The lowest BCUT2D eigenvalue weighted by Crippen LogP contribution is -2.46. The number of rotatable bonds is 5. The number of carbonyl (C=O) groups excluding carboxylic acids is 1. The van der Waals surface area contributed by atoms with Gasteiger partial charge in [-0.15, -0.1) is 0 Å². The summed E-state index contributed by atoms with van der Waals surface area (Å²) in [6.07, 6.45) is 0. The van der Waals surface area contributed by atoms with Crippen molar-refractivity contribution in [2.75, 3.05) is 6.61 Å². The normalized spacial score (nSPS) is 11.0. The van der Waals surface area contributed by atoms with E-state index in [0.717, 1.165) is 0 Å².